The van der Waals surface area contributed by atoms with E-state index in [-0.39, 0.29) is 29.6 Å². The molecule has 1 amide bonds. The van der Waals surface area contributed by atoms with Gasteiger partial charge in [0.05, 0.1) is 22.4 Å². The van der Waals surface area contributed by atoms with Gasteiger partial charge in [-0.05, 0) is 55.3 Å². The van der Waals surface area contributed by atoms with Gasteiger partial charge in [-0.1, -0.05) is 12.1 Å². The van der Waals surface area contributed by atoms with Crippen molar-refractivity contribution in [2.75, 3.05) is 12.1 Å². The van der Waals surface area contributed by atoms with Gasteiger partial charge in [-0.2, -0.15) is 5.10 Å². The highest BCUT2D eigenvalue weighted by atomic mass is 16.7. The van der Waals surface area contributed by atoms with E-state index in [1.54, 1.807) is 18.2 Å². The summed E-state index contributed by atoms with van der Waals surface area (Å²) >= 11 is 0. The summed E-state index contributed by atoms with van der Waals surface area (Å²) in [6.45, 7) is 3.96. The molecule has 0 bridgehead atoms. The van der Waals surface area contributed by atoms with Crippen molar-refractivity contribution in [3.8, 4) is 34.3 Å². The van der Waals surface area contributed by atoms with E-state index in [0.717, 1.165) is 16.7 Å². The number of aromatic nitrogens is 2. The van der Waals surface area contributed by atoms with Gasteiger partial charge in [0.25, 0.3) is 11.6 Å². The molecule has 2 heterocycles. The quantitative estimate of drug-likeness (QED) is 0.285. The van der Waals surface area contributed by atoms with Crippen LogP contribution in [0.25, 0.3) is 11.3 Å². The normalized spacial score (nSPS) is 11.8. The first-order valence-corrected chi connectivity index (χ1v) is 10.7. The second-order valence-corrected chi connectivity index (χ2v) is 8.03. The average Bonchev–Trinajstić information content (AvgIpc) is 3.50. The average molecular weight is 472 g/mol. The number of anilines is 1. The molecule has 4 aromatic rings. The van der Waals surface area contributed by atoms with E-state index in [0.29, 0.717) is 22.9 Å². The Morgan fingerprint density at radius 1 is 1.06 bits per heavy atom. The number of nitro benzene ring substituents is 1. The number of nitro groups is 1. The van der Waals surface area contributed by atoms with E-state index in [1.165, 1.54) is 18.2 Å². The van der Waals surface area contributed by atoms with Crippen LogP contribution in [0.5, 0.6) is 23.0 Å². The Kier molecular flexibility index (Phi) is 5.54. The molecule has 0 atom stereocenters. The highest BCUT2D eigenvalue weighted by Gasteiger charge is 2.18. The van der Waals surface area contributed by atoms with Crippen LogP contribution in [-0.2, 0) is 0 Å². The lowest BCUT2D eigenvalue weighted by Crippen LogP contribution is -2.12. The first kappa shape index (κ1) is 22.0. The summed E-state index contributed by atoms with van der Waals surface area (Å²) < 4.78 is 16.6. The molecule has 0 aliphatic carbocycles. The van der Waals surface area contributed by atoms with Gasteiger partial charge >= 0.3 is 0 Å². The minimum atomic E-state index is -0.542. The third-order valence-electron chi connectivity index (χ3n) is 5.42. The van der Waals surface area contributed by atoms with Crippen LogP contribution in [0.4, 0.5) is 11.4 Å². The van der Waals surface area contributed by atoms with Crippen LogP contribution in [0.15, 0.2) is 60.7 Å². The van der Waals surface area contributed by atoms with Crippen molar-refractivity contribution in [1.82, 2.24) is 10.2 Å². The smallest absolute Gasteiger partial charge is 0.275 e. The number of ether oxygens (including phenoxy) is 3. The van der Waals surface area contributed by atoms with Crippen molar-refractivity contribution in [3.05, 3.63) is 87.6 Å². The van der Waals surface area contributed by atoms with Crippen LogP contribution in [0.1, 0.15) is 21.6 Å². The Bertz CT molecular complexity index is 1460. The van der Waals surface area contributed by atoms with E-state index < -0.39 is 10.8 Å². The number of carbonyl (C=O) groups excluding carboxylic acids is 1. The predicted molar refractivity (Wildman–Crippen MR) is 127 cm³/mol. The van der Waals surface area contributed by atoms with Crippen LogP contribution >= 0.6 is 0 Å². The summed E-state index contributed by atoms with van der Waals surface area (Å²) in [5.41, 5.74) is 3.32. The molecule has 2 N–H and O–H groups in total. The highest BCUT2D eigenvalue weighted by molar-refractivity contribution is 6.03. The molecule has 3 aromatic carbocycles. The molecule has 176 valence electrons. The van der Waals surface area contributed by atoms with Gasteiger partial charge in [0, 0.05) is 17.7 Å². The fourth-order valence-corrected chi connectivity index (χ4v) is 3.60. The van der Waals surface area contributed by atoms with Gasteiger partial charge in [-0.3, -0.25) is 20.0 Å². The Labute approximate surface area is 199 Å². The van der Waals surface area contributed by atoms with Gasteiger partial charge in [0.2, 0.25) is 6.79 Å². The molecule has 1 aromatic heterocycles. The van der Waals surface area contributed by atoms with Gasteiger partial charge in [0.15, 0.2) is 11.5 Å². The maximum atomic E-state index is 12.9. The van der Waals surface area contributed by atoms with Gasteiger partial charge in [-0.25, -0.2) is 0 Å². The molecular formula is C25H20N4O6. The van der Waals surface area contributed by atoms with Crippen molar-refractivity contribution in [3.63, 3.8) is 0 Å². The zero-order valence-corrected chi connectivity index (χ0v) is 18.8. The topological polar surface area (TPSA) is 129 Å². The van der Waals surface area contributed by atoms with Crippen molar-refractivity contribution < 1.29 is 23.9 Å². The fourth-order valence-electron chi connectivity index (χ4n) is 3.60. The first-order valence-electron chi connectivity index (χ1n) is 10.7. The van der Waals surface area contributed by atoms with E-state index in [9.17, 15) is 14.9 Å². The lowest BCUT2D eigenvalue weighted by Gasteiger charge is -2.11. The number of nitrogens with one attached hydrogen (secondary N) is 2. The van der Waals surface area contributed by atoms with Crippen LogP contribution in [0, 0.1) is 24.0 Å². The number of non-ortho nitro benzene ring substituents is 1. The summed E-state index contributed by atoms with van der Waals surface area (Å²) in [5, 5.41) is 21.0. The Morgan fingerprint density at radius 3 is 2.71 bits per heavy atom. The molecule has 1 aliphatic heterocycles. The molecular weight excluding hydrogens is 452 g/mol. The number of benzene rings is 3. The van der Waals surface area contributed by atoms with Gasteiger partial charge < -0.3 is 19.5 Å². The van der Waals surface area contributed by atoms with Crippen LogP contribution in [0.3, 0.4) is 0 Å². The molecule has 35 heavy (non-hydrogen) atoms. The van der Waals surface area contributed by atoms with Crippen molar-refractivity contribution in [1.29, 1.82) is 0 Å². The number of aryl methyl sites for hydroxylation is 2. The molecule has 10 heteroatoms. The summed E-state index contributed by atoms with van der Waals surface area (Å²) in [6, 6.07) is 16.7. The third kappa shape index (κ3) is 4.62. The number of amides is 1. The predicted octanol–water partition coefficient (Wildman–Crippen LogP) is 5.38. The Hall–Kier alpha value is -4.86. The monoisotopic (exact) mass is 472 g/mol. The number of carbonyl (C=O) groups is 1. The molecule has 10 nitrogen and oxygen atoms in total. The number of aromatic amines is 1. The minimum Gasteiger partial charge on any atom is -0.457 e. The molecule has 0 fully saturated rings. The Balaban J connectivity index is 1.38. The number of hydrogen-bond donors (Lipinski definition) is 2. The Morgan fingerprint density at radius 2 is 1.89 bits per heavy atom. The zero-order chi connectivity index (χ0) is 24.5. The van der Waals surface area contributed by atoms with E-state index in [1.807, 2.05) is 38.1 Å². The first-order chi connectivity index (χ1) is 16.9. The molecule has 0 spiro atoms. The van der Waals surface area contributed by atoms with Gasteiger partial charge in [-0.15, -0.1) is 0 Å². The van der Waals surface area contributed by atoms with Crippen molar-refractivity contribution in [2.45, 2.75) is 13.8 Å². The molecule has 0 saturated carbocycles. The number of fused-ring (bicyclic) bond motifs is 1. The van der Waals surface area contributed by atoms with Crippen LogP contribution in [-0.4, -0.2) is 27.8 Å². The second kappa shape index (κ2) is 8.82. The molecule has 0 radical (unpaired) electrons. The van der Waals surface area contributed by atoms with E-state index in [2.05, 4.69) is 15.5 Å². The fraction of sp³-hybridized carbons (Fsp3) is 0.120. The third-order valence-corrected chi connectivity index (χ3v) is 5.42. The molecule has 0 saturated heterocycles. The maximum absolute atomic E-state index is 12.9. The van der Waals surface area contributed by atoms with Crippen molar-refractivity contribution >= 4 is 17.3 Å². The number of nitrogens with zero attached hydrogens (tertiary/aromatic N) is 2. The van der Waals surface area contributed by atoms with E-state index in [4.69, 9.17) is 14.2 Å². The van der Waals surface area contributed by atoms with Crippen LogP contribution in [0.2, 0.25) is 0 Å². The number of H-pyrrole nitrogens is 1. The zero-order valence-electron chi connectivity index (χ0n) is 18.8. The second-order valence-electron chi connectivity index (χ2n) is 8.03. The maximum Gasteiger partial charge on any atom is 0.275 e. The molecule has 1 aliphatic rings. The lowest BCUT2D eigenvalue weighted by molar-refractivity contribution is -0.384. The lowest BCUT2D eigenvalue weighted by atomic mass is 10.1. The van der Waals surface area contributed by atoms with Crippen LogP contribution < -0.4 is 19.5 Å². The largest absolute Gasteiger partial charge is 0.457 e. The molecule has 0 unspecified atom stereocenters. The van der Waals surface area contributed by atoms with Gasteiger partial charge in [0.1, 0.15) is 17.2 Å². The SMILES string of the molecule is Cc1ccc(C)c(Oc2cc(NC(=O)c3cc(-c4ccc5c(c4)OCO5)n[nH]3)cc([N+](=O)[O-])c2)c1. The summed E-state index contributed by atoms with van der Waals surface area (Å²) in [5.74, 6) is 1.54. The minimum absolute atomic E-state index is 0.158. The van der Waals surface area contributed by atoms with E-state index >= 15 is 0 Å². The standard InChI is InChI=1S/C25H20N4O6/c1-14-3-4-15(2)23(7-14)35-19-10-17(9-18(11-19)29(31)32)26-25(30)21-12-20(27-28-21)16-5-6-22-24(8-16)34-13-33-22/h3-12H,13H2,1-2H3,(H,26,30)(H,27,28). The highest BCUT2D eigenvalue weighted by Crippen LogP contribution is 2.36. The number of rotatable bonds is 6. The molecule has 5 rings (SSSR count). The summed E-state index contributed by atoms with van der Waals surface area (Å²) in [7, 11) is 0. The summed E-state index contributed by atoms with van der Waals surface area (Å²) in [4.78, 5) is 23.8. The summed E-state index contributed by atoms with van der Waals surface area (Å²) in [6.07, 6.45) is 0. The number of hydrogen-bond acceptors (Lipinski definition) is 7. The van der Waals surface area contributed by atoms with Crippen molar-refractivity contribution in [2.24, 2.45) is 0 Å².